The van der Waals surface area contributed by atoms with Crippen molar-refractivity contribution in [2.75, 3.05) is 5.43 Å². The van der Waals surface area contributed by atoms with Gasteiger partial charge >= 0.3 is 5.97 Å². The predicted octanol–water partition coefficient (Wildman–Crippen LogP) is 0.512. The third kappa shape index (κ3) is 1.61. The van der Waals surface area contributed by atoms with Crippen molar-refractivity contribution in [2.24, 2.45) is 5.84 Å². The van der Waals surface area contributed by atoms with Crippen LogP contribution in [0.25, 0.3) is 10.8 Å². The van der Waals surface area contributed by atoms with Gasteiger partial charge in [0, 0.05) is 5.39 Å². The number of pyridine rings is 1. The van der Waals surface area contributed by atoms with Gasteiger partial charge < -0.3 is 15.5 Å². The van der Waals surface area contributed by atoms with E-state index in [1.807, 2.05) is 0 Å². The second kappa shape index (κ2) is 3.67. The molecular weight excluding hydrogens is 210 g/mol. The Balaban J connectivity index is 2.76. The van der Waals surface area contributed by atoms with E-state index in [-0.39, 0.29) is 11.1 Å². The molecule has 16 heavy (non-hydrogen) atoms. The van der Waals surface area contributed by atoms with Crippen LogP contribution >= 0.6 is 0 Å². The predicted molar refractivity (Wildman–Crippen MR) is 59.3 cm³/mol. The van der Waals surface area contributed by atoms with E-state index >= 15 is 0 Å². The number of hydrogen-bond acceptors (Lipinski definition) is 4. The molecule has 0 unspecified atom stereocenters. The molecule has 1 aromatic heterocycles. The summed E-state index contributed by atoms with van der Waals surface area (Å²) in [4.78, 5) is 24.8. The zero-order valence-electron chi connectivity index (χ0n) is 8.15. The highest BCUT2D eigenvalue weighted by molar-refractivity contribution is 5.94. The molecule has 82 valence electrons. The molecule has 6 heteroatoms. The molecule has 0 aliphatic carbocycles. The minimum atomic E-state index is -1.04. The van der Waals surface area contributed by atoms with Crippen LogP contribution in [0.5, 0.6) is 0 Å². The number of nitrogens with one attached hydrogen (secondary N) is 2. The Morgan fingerprint density at radius 2 is 2.12 bits per heavy atom. The van der Waals surface area contributed by atoms with Crippen molar-refractivity contribution in [3.8, 4) is 0 Å². The third-order valence-electron chi connectivity index (χ3n) is 2.25. The number of rotatable bonds is 2. The van der Waals surface area contributed by atoms with Crippen molar-refractivity contribution in [3.05, 3.63) is 40.2 Å². The molecule has 0 saturated carbocycles. The van der Waals surface area contributed by atoms with Crippen LogP contribution in [0, 0.1) is 0 Å². The SMILES string of the molecule is NNc1cc2cc(C(=O)O)ccc2c(=O)[nH]1. The molecule has 5 N–H and O–H groups in total. The Labute approximate surface area is 89.7 Å². The maximum Gasteiger partial charge on any atom is 0.335 e. The van der Waals surface area contributed by atoms with Gasteiger partial charge in [-0.25, -0.2) is 10.6 Å². The average molecular weight is 219 g/mol. The summed E-state index contributed by atoms with van der Waals surface area (Å²) >= 11 is 0. The Morgan fingerprint density at radius 1 is 1.38 bits per heavy atom. The minimum absolute atomic E-state index is 0.126. The quantitative estimate of drug-likeness (QED) is 0.434. The topological polar surface area (TPSA) is 108 Å². The number of hydrogen-bond donors (Lipinski definition) is 4. The van der Waals surface area contributed by atoms with Gasteiger partial charge in [-0.15, -0.1) is 0 Å². The number of H-pyrrole nitrogens is 1. The van der Waals surface area contributed by atoms with Gasteiger partial charge in [0.2, 0.25) is 0 Å². The number of anilines is 1. The fourth-order valence-corrected chi connectivity index (χ4v) is 1.48. The van der Waals surface area contributed by atoms with Crippen LogP contribution in [0.4, 0.5) is 5.82 Å². The molecule has 0 saturated heterocycles. The lowest BCUT2D eigenvalue weighted by Crippen LogP contribution is -2.15. The number of nitrogens with two attached hydrogens (primary N) is 1. The molecule has 0 bridgehead atoms. The van der Waals surface area contributed by atoms with Gasteiger partial charge in [0.1, 0.15) is 5.82 Å². The number of carboxylic acids is 1. The highest BCUT2D eigenvalue weighted by Gasteiger charge is 2.06. The zero-order chi connectivity index (χ0) is 11.7. The normalized spacial score (nSPS) is 10.3. The standard InChI is InChI=1S/C10H9N3O3/c11-13-8-4-6-3-5(10(15)16)1-2-7(6)9(14)12-8/h1-4H,11H2,(H,15,16)(H2,12,13,14). The summed E-state index contributed by atoms with van der Waals surface area (Å²) in [5, 5.41) is 9.76. The van der Waals surface area contributed by atoms with E-state index in [4.69, 9.17) is 10.9 Å². The Hall–Kier alpha value is -2.34. The molecule has 0 aliphatic heterocycles. The van der Waals surface area contributed by atoms with E-state index in [1.165, 1.54) is 18.2 Å². The van der Waals surface area contributed by atoms with Crippen LogP contribution in [-0.2, 0) is 0 Å². The van der Waals surface area contributed by atoms with E-state index in [0.29, 0.717) is 16.6 Å². The smallest absolute Gasteiger partial charge is 0.335 e. The molecule has 0 fully saturated rings. The molecule has 2 rings (SSSR count). The number of nitrogen functional groups attached to an aromatic ring is 1. The second-order valence-corrected chi connectivity index (χ2v) is 3.26. The summed E-state index contributed by atoms with van der Waals surface area (Å²) < 4.78 is 0. The highest BCUT2D eigenvalue weighted by Crippen LogP contribution is 2.15. The minimum Gasteiger partial charge on any atom is -0.478 e. The Kier molecular flexibility index (Phi) is 2.34. The number of fused-ring (bicyclic) bond motifs is 1. The molecule has 1 heterocycles. The van der Waals surface area contributed by atoms with Crippen molar-refractivity contribution in [2.45, 2.75) is 0 Å². The summed E-state index contributed by atoms with van der Waals surface area (Å²) in [6.07, 6.45) is 0. The van der Waals surface area contributed by atoms with E-state index in [2.05, 4.69) is 10.4 Å². The van der Waals surface area contributed by atoms with Gasteiger partial charge in [0.05, 0.1) is 5.56 Å². The third-order valence-corrected chi connectivity index (χ3v) is 2.25. The van der Waals surface area contributed by atoms with E-state index in [1.54, 1.807) is 6.07 Å². The van der Waals surface area contributed by atoms with Crippen LogP contribution < -0.4 is 16.8 Å². The first-order chi connectivity index (χ1) is 7.61. The molecular formula is C10H9N3O3. The summed E-state index contributed by atoms with van der Waals surface area (Å²) in [6, 6.07) is 5.85. The molecule has 1 aromatic carbocycles. The Morgan fingerprint density at radius 3 is 2.75 bits per heavy atom. The molecule has 2 aromatic rings. The lowest BCUT2D eigenvalue weighted by molar-refractivity contribution is 0.0697. The largest absolute Gasteiger partial charge is 0.478 e. The summed E-state index contributed by atoms with van der Waals surface area (Å²) in [5.41, 5.74) is 2.11. The van der Waals surface area contributed by atoms with Crippen molar-refractivity contribution in [1.29, 1.82) is 0 Å². The van der Waals surface area contributed by atoms with Gasteiger partial charge in [0.25, 0.3) is 5.56 Å². The van der Waals surface area contributed by atoms with Crippen molar-refractivity contribution in [1.82, 2.24) is 4.98 Å². The maximum absolute atomic E-state index is 11.5. The number of aromatic carboxylic acids is 1. The molecule has 0 aliphatic rings. The van der Waals surface area contributed by atoms with Crippen molar-refractivity contribution < 1.29 is 9.90 Å². The second-order valence-electron chi connectivity index (χ2n) is 3.26. The van der Waals surface area contributed by atoms with Crippen molar-refractivity contribution >= 4 is 22.6 Å². The van der Waals surface area contributed by atoms with E-state index in [9.17, 15) is 9.59 Å². The molecule has 0 atom stereocenters. The maximum atomic E-state index is 11.5. The van der Waals surface area contributed by atoms with Gasteiger partial charge in [-0.2, -0.15) is 0 Å². The molecule has 0 radical (unpaired) electrons. The van der Waals surface area contributed by atoms with Crippen LogP contribution in [0.1, 0.15) is 10.4 Å². The van der Waals surface area contributed by atoms with Gasteiger partial charge in [-0.1, -0.05) is 0 Å². The monoisotopic (exact) mass is 219 g/mol. The van der Waals surface area contributed by atoms with Crippen LogP contribution in [-0.4, -0.2) is 16.1 Å². The van der Waals surface area contributed by atoms with E-state index in [0.717, 1.165) is 0 Å². The molecule has 0 spiro atoms. The average Bonchev–Trinajstić information content (AvgIpc) is 2.28. The van der Waals surface area contributed by atoms with Crippen LogP contribution in [0.15, 0.2) is 29.1 Å². The Bertz CT molecular complexity index is 618. The lowest BCUT2D eigenvalue weighted by Gasteiger charge is -2.03. The number of aromatic nitrogens is 1. The fourth-order valence-electron chi connectivity index (χ4n) is 1.48. The number of hydrazine groups is 1. The first-order valence-electron chi connectivity index (χ1n) is 4.49. The first-order valence-corrected chi connectivity index (χ1v) is 4.49. The summed E-state index contributed by atoms with van der Waals surface area (Å²) in [6.45, 7) is 0. The summed E-state index contributed by atoms with van der Waals surface area (Å²) in [5.74, 6) is 4.47. The molecule has 0 amide bonds. The van der Waals surface area contributed by atoms with Gasteiger partial charge in [-0.05, 0) is 29.7 Å². The van der Waals surface area contributed by atoms with E-state index < -0.39 is 5.97 Å². The lowest BCUT2D eigenvalue weighted by atomic mass is 10.1. The first kappa shape index (κ1) is 10.2. The molecule has 6 nitrogen and oxygen atoms in total. The number of benzene rings is 1. The summed E-state index contributed by atoms with van der Waals surface area (Å²) in [7, 11) is 0. The zero-order valence-corrected chi connectivity index (χ0v) is 8.15. The number of carbonyl (C=O) groups is 1. The van der Waals surface area contributed by atoms with Crippen LogP contribution in [0.2, 0.25) is 0 Å². The highest BCUT2D eigenvalue weighted by atomic mass is 16.4. The van der Waals surface area contributed by atoms with Gasteiger partial charge in [-0.3, -0.25) is 4.79 Å². The fraction of sp³-hybridized carbons (Fsp3) is 0. The number of aromatic amines is 1. The van der Waals surface area contributed by atoms with Crippen molar-refractivity contribution in [3.63, 3.8) is 0 Å². The van der Waals surface area contributed by atoms with Gasteiger partial charge in [0.15, 0.2) is 0 Å². The van der Waals surface area contributed by atoms with Crippen LogP contribution in [0.3, 0.4) is 0 Å². The number of carboxylic acid groups (broad SMARTS) is 1.